The van der Waals surface area contributed by atoms with Gasteiger partial charge < -0.3 is 9.72 Å². The largest absolute Gasteiger partial charge is 0.497 e. The van der Waals surface area contributed by atoms with Crippen LogP contribution in [0.3, 0.4) is 0 Å². The molecule has 1 N–H and O–H groups in total. The first-order valence-electron chi connectivity index (χ1n) is 9.25. The lowest BCUT2D eigenvalue weighted by Gasteiger charge is -2.45. The molecule has 1 aromatic heterocycles. The van der Waals surface area contributed by atoms with Crippen molar-refractivity contribution >= 4 is 16.7 Å². The van der Waals surface area contributed by atoms with Gasteiger partial charge in [0.1, 0.15) is 11.5 Å². The van der Waals surface area contributed by atoms with E-state index in [0.717, 1.165) is 30.7 Å². The van der Waals surface area contributed by atoms with Gasteiger partial charge >= 0.3 is 0 Å². The third-order valence-corrected chi connectivity index (χ3v) is 5.92. The van der Waals surface area contributed by atoms with Crippen LogP contribution in [0.5, 0.6) is 5.75 Å². The van der Waals surface area contributed by atoms with Crippen molar-refractivity contribution in [3.63, 3.8) is 0 Å². The lowest BCUT2D eigenvalue weighted by atomic mass is 9.81. The van der Waals surface area contributed by atoms with Crippen LogP contribution >= 0.6 is 0 Å². The molecule has 2 bridgehead atoms. The summed E-state index contributed by atoms with van der Waals surface area (Å²) < 4.78 is 5.41. The predicted molar refractivity (Wildman–Crippen MR) is 101 cm³/mol. The van der Waals surface area contributed by atoms with Gasteiger partial charge in [-0.15, -0.1) is 0 Å². The Bertz CT molecular complexity index is 976. The molecular formula is C22H22N2O2. The number of hydrogen-bond donors (Lipinski definition) is 1. The van der Waals surface area contributed by atoms with Crippen LogP contribution in [0, 0.1) is 0 Å². The highest BCUT2D eigenvalue weighted by Gasteiger charge is 2.43. The Balaban J connectivity index is 1.60. The fourth-order valence-corrected chi connectivity index (χ4v) is 4.64. The molecule has 0 saturated carbocycles. The van der Waals surface area contributed by atoms with Gasteiger partial charge in [0.2, 0.25) is 0 Å². The Labute approximate surface area is 152 Å². The molecule has 4 heteroatoms. The molecule has 0 amide bonds. The quantitative estimate of drug-likeness (QED) is 0.779. The van der Waals surface area contributed by atoms with Crippen molar-refractivity contribution in [2.45, 2.75) is 37.9 Å². The van der Waals surface area contributed by atoms with E-state index in [9.17, 15) is 4.79 Å². The van der Waals surface area contributed by atoms with E-state index in [4.69, 9.17) is 4.74 Å². The maximum atomic E-state index is 12.7. The number of methoxy groups -OCH3 is 1. The number of fused-ring (bicyclic) bond motifs is 6. The van der Waals surface area contributed by atoms with Crippen LogP contribution in [0.1, 0.15) is 35.7 Å². The third-order valence-electron chi connectivity index (χ3n) is 5.92. The van der Waals surface area contributed by atoms with E-state index >= 15 is 0 Å². The second-order valence-electron chi connectivity index (χ2n) is 7.33. The van der Waals surface area contributed by atoms with Gasteiger partial charge in [-0.1, -0.05) is 30.3 Å². The maximum Gasteiger partial charge on any atom is 0.150 e. The molecule has 4 nitrogen and oxygen atoms in total. The summed E-state index contributed by atoms with van der Waals surface area (Å²) in [6.07, 6.45) is 2.35. The fraction of sp³-hybridized carbons (Fsp3) is 0.318. The van der Waals surface area contributed by atoms with Crippen molar-refractivity contribution in [3.05, 3.63) is 65.4 Å². The lowest BCUT2D eigenvalue weighted by Crippen LogP contribution is -2.51. The molecular weight excluding hydrogens is 324 g/mol. The summed E-state index contributed by atoms with van der Waals surface area (Å²) in [6.45, 7) is 0.819. The minimum absolute atomic E-state index is 0.0216. The van der Waals surface area contributed by atoms with Gasteiger partial charge in [0.15, 0.2) is 0 Å². The normalized spacial score (nSPS) is 22.4. The summed E-state index contributed by atoms with van der Waals surface area (Å²) in [6, 6.07) is 16.9. The number of piperidine rings is 1. The van der Waals surface area contributed by atoms with E-state index in [-0.39, 0.29) is 12.1 Å². The van der Waals surface area contributed by atoms with E-state index in [1.807, 2.05) is 12.1 Å². The number of nitrogens with zero attached hydrogens (tertiary/aromatic N) is 1. The highest BCUT2D eigenvalue weighted by Crippen LogP contribution is 2.44. The number of Topliss-reactive ketones (excluding diaryl/α,β-unsaturated/α-hetero) is 1. The van der Waals surface area contributed by atoms with Crippen LogP contribution in [-0.2, 0) is 17.8 Å². The van der Waals surface area contributed by atoms with Crippen molar-refractivity contribution in [2.24, 2.45) is 0 Å². The molecule has 132 valence electrons. The summed E-state index contributed by atoms with van der Waals surface area (Å²) in [5, 5.41) is 1.20. The number of hydrogen-bond acceptors (Lipinski definition) is 3. The average molecular weight is 346 g/mol. The number of aromatic amines is 1. The molecule has 5 rings (SSSR count). The van der Waals surface area contributed by atoms with Crippen LogP contribution in [0.4, 0.5) is 0 Å². The van der Waals surface area contributed by atoms with Crippen molar-refractivity contribution in [1.29, 1.82) is 0 Å². The van der Waals surface area contributed by atoms with Gasteiger partial charge in [0.05, 0.1) is 19.2 Å². The van der Waals surface area contributed by atoms with Crippen LogP contribution < -0.4 is 4.74 Å². The molecule has 2 aliphatic heterocycles. The number of H-pyrrole nitrogens is 1. The first kappa shape index (κ1) is 15.6. The van der Waals surface area contributed by atoms with E-state index in [0.29, 0.717) is 12.2 Å². The number of rotatable bonds is 3. The molecule has 2 aromatic carbocycles. The van der Waals surface area contributed by atoms with Gasteiger partial charge in [0.25, 0.3) is 0 Å². The zero-order chi connectivity index (χ0) is 17.7. The monoisotopic (exact) mass is 346 g/mol. The molecule has 0 aliphatic carbocycles. The van der Waals surface area contributed by atoms with Crippen LogP contribution in [0.2, 0.25) is 0 Å². The molecule has 26 heavy (non-hydrogen) atoms. The summed E-state index contributed by atoms with van der Waals surface area (Å²) in [5.41, 5.74) is 4.98. The molecule has 0 spiro atoms. The van der Waals surface area contributed by atoms with Gasteiger partial charge in [-0.2, -0.15) is 0 Å². The zero-order valence-electron chi connectivity index (χ0n) is 14.9. The standard InChI is InChI=1S/C22H22N2O2/c1-26-15-7-8-18-16(11-15)17-12-20-21(25)10-9-19(22(17)23-18)24(20)13-14-5-3-2-4-6-14/h2-8,11,19-20,23H,9-10,12-13H2,1H3. The molecule has 2 atom stereocenters. The maximum absolute atomic E-state index is 12.7. The Morgan fingerprint density at radius 2 is 2.00 bits per heavy atom. The molecule has 1 saturated heterocycles. The third kappa shape index (κ3) is 2.36. The Morgan fingerprint density at radius 3 is 2.81 bits per heavy atom. The number of nitrogens with one attached hydrogen (secondary N) is 1. The molecule has 2 aliphatic rings. The zero-order valence-corrected chi connectivity index (χ0v) is 14.9. The van der Waals surface area contributed by atoms with E-state index in [1.54, 1.807) is 7.11 Å². The number of ketones is 1. The number of benzene rings is 2. The number of ether oxygens (including phenoxy) is 1. The molecule has 1 fully saturated rings. The van der Waals surface area contributed by atoms with E-state index in [1.165, 1.54) is 22.2 Å². The first-order chi connectivity index (χ1) is 12.7. The smallest absolute Gasteiger partial charge is 0.150 e. The number of aromatic nitrogens is 1. The highest BCUT2D eigenvalue weighted by atomic mass is 16.5. The number of carbonyl (C=O) groups excluding carboxylic acids is 1. The van der Waals surface area contributed by atoms with Crippen molar-refractivity contribution in [3.8, 4) is 5.75 Å². The average Bonchev–Trinajstić information content (AvgIpc) is 3.03. The minimum atomic E-state index is -0.0216. The Kier molecular flexibility index (Phi) is 3.61. The fourth-order valence-electron chi connectivity index (χ4n) is 4.64. The summed E-state index contributed by atoms with van der Waals surface area (Å²) >= 11 is 0. The highest BCUT2D eigenvalue weighted by molar-refractivity contribution is 5.91. The van der Waals surface area contributed by atoms with Crippen molar-refractivity contribution < 1.29 is 9.53 Å². The first-order valence-corrected chi connectivity index (χ1v) is 9.25. The van der Waals surface area contributed by atoms with Crippen LogP contribution in [-0.4, -0.2) is 28.8 Å². The minimum Gasteiger partial charge on any atom is -0.497 e. The topological polar surface area (TPSA) is 45.3 Å². The summed E-state index contributed by atoms with van der Waals surface area (Å²) in [5.74, 6) is 1.24. The SMILES string of the molecule is COc1ccc2[nH]c3c(c2c1)CC1C(=O)CCC3N1Cc1ccccc1. The molecule has 0 radical (unpaired) electrons. The lowest BCUT2D eigenvalue weighted by molar-refractivity contribution is -0.130. The van der Waals surface area contributed by atoms with Gasteiger partial charge in [-0.3, -0.25) is 9.69 Å². The van der Waals surface area contributed by atoms with Gasteiger partial charge in [-0.25, -0.2) is 0 Å². The summed E-state index contributed by atoms with van der Waals surface area (Å²) in [7, 11) is 1.69. The molecule has 3 aromatic rings. The number of carbonyl (C=O) groups is 1. The second kappa shape index (κ2) is 5.99. The Morgan fingerprint density at radius 1 is 1.15 bits per heavy atom. The molecule has 2 unspecified atom stereocenters. The van der Waals surface area contributed by atoms with Gasteiger partial charge in [-0.05, 0) is 42.2 Å². The van der Waals surface area contributed by atoms with Crippen LogP contribution in [0.25, 0.3) is 10.9 Å². The van der Waals surface area contributed by atoms with E-state index < -0.39 is 0 Å². The van der Waals surface area contributed by atoms with E-state index in [2.05, 4.69) is 46.3 Å². The van der Waals surface area contributed by atoms with Gasteiger partial charge in [0, 0.05) is 29.6 Å². The second-order valence-corrected chi connectivity index (χ2v) is 7.33. The van der Waals surface area contributed by atoms with Crippen LogP contribution in [0.15, 0.2) is 48.5 Å². The summed E-state index contributed by atoms with van der Waals surface area (Å²) in [4.78, 5) is 18.8. The molecule has 3 heterocycles. The van der Waals surface area contributed by atoms with Crippen molar-refractivity contribution in [1.82, 2.24) is 9.88 Å². The van der Waals surface area contributed by atoms with Crippen molar-refractivity contribution in [2.75, 3.05) is 7.11 Å². The Hall–Kier alpha value is -2.59. The predicted octanol–water partition coefficient (Wildman–Crippen LogP) is 4.01.